The van der Waals surface area contributed by atoms with Crippen molar-refractivity contribution in [1.82, 2.24) is 5.48 Å². The van der Waals surface area contributed by atoms with Crippen molar-refractivity contribution in [3.8, 4) is 0 Å². The van der Waals surface area contributed by atoms with E-state index in [-0.39, 0.29) is 0 Å². The van der Waals surface area contributed by atoms with Gasteiger partial charge in [0.1, 0.15) is 0 Å². The quantitative estimate of drug-likeness (QED) is 0.0697. The second kappa shape index (κ2) is 32.9. The minimum Gasteiger partial charge on any atom is -0.317 e. The molecule has 218 valence electrons. The summed E-state index contributed by atoms with van der Waals surface area (Å²) >= 11 is 0. The minimum atomic E-state index is 0.671. The lowest BCUT2D eigenvalue weighted by atomic mass is 9.94. The molecule has 0 fully saturated rings. The number of rotatable bonds is 32. The van der Waals surface area contributed by atoms with E-state index in [0.717, 1.165) is 6.54 Å². The van der Waals surface area contributed by atoms with Gasteiger partial charge in [-0.05, 0) is 18.8 Å². The predicted octanol–water partition coefficient (Wildman–Crippen LogP) is 12.3. The van der Waals surface area contributed by atoms with E-state index in [4.69, 9.17) is 0 Å². The standard InChI is InChI=1S/C34H71NO/c1-3-5-7-9-11-13-15-17-19-21-23-25-27-29-31-34(33-35-36)32-30-28-26-24-22-20-18-16-14-12-10-8-6-4-2/h34-36H,3-33H2,1-2H3. The van der Waals surface area contributed by atoms with Crippen molar-refractivity contribution in [2.75, 3.05) is 6.54 Å². The third-order valence-electron chi connectivity index (χ3n) is 8.31. The molecule has 0 bridgehead atoms. The lowest BCUT2D eigenvalue weighted by Gasteiger charge is -2.15. The average molecular weight is 510 g/mol. The first-order chi connectivity index (χ1) is 17.8. The third kappa shape index (κ3) is 30.1. The van der Waals surface area contributed by atoms with Crippen molar-refractivity contribution < 1.29 is 5.21 Å². The van der Waals surface area contributed by atoms with Crippen LogP contribution in [0.2, 0.25) is 0 Å². The maximum absolute atomic E-state index is 9.22. The zero-order valence-corrected chi connectivity index (χ0v) is 25.4. The zero-order valence-electron chi connectivity index (χ0n) is 25.4. The van der Waals surface area contributed by atoms with Crippen LogP contribution in [0.5, 0.6) is 0 Å². The van der Waals surface area contributed by atoms with E-state index in [1.54, 1.807) is 0 Å². The van der Waals surface area contributed by atoms with Crippen molar-refractivity contribution in [2.24, 2.45) is 5.92 Å². The summed E-state index contributed by atoms with van der Waals surface area (Å²) in [5, 5.41) is 9.22. The highest BCUT2D eigenvalue weighted by molar-refractivity contribution is 4.62. The third-order valence-corrected chi connectivity index (χ3v) is 8.31. The van der Waals surface area contributed by atoms with Crippen molar-refractivity contribution in [3.63, 3.8) is 0 Å². The maximum Gasteiger partial charge on any atom is 0.0235 e. The lowest BCUT2D eigenvalue weighted by Crippen LogP contribution is -2.19. The molecule has 2 heteroatoms. The van der Waals surface area contributed by atoms with E-state index < -0.39 is 0 Å². The molecule has 0 saturated heterocycles. The molecular formula is C34H71NO. The van der Waals surface area contributed by atoms with Crippen LogP contribution in [-0.4, -0.2) is 11.8 Å². The topological polar surface area (TPSA) is 32.3 Å². The number of unbranched alkanes of at least 4 members (excludes halogenated alkanes) is 26. The highest BCUT2D eigenvalue weighted by Gasteiger charge is 2.08. The molecule has 0 aromatic heterocycles. The highest BCUT2D eigenvalue weighted by atomic mass is 16.5. The summed E-state index contributed by atoms with van der Waals surface area (Å²) in [6.45, 7) is 5.38. The molecule has 0 aliphatic carbocycles. The Morgan fingerprint density at radius 1 is 0.361 bits per heavy atom. The summed E-state index contributed by atoms with van der Waals surface area (Å²) < 4.78 is 0. The van der Waals surface area contributed by atoms with E-state index in [2.05, 4.69) is 19.3 Å². The maximum atomic E-state index is 9.22. The molecular weight excluding hydrogens is 438 g/mol. The Bertz CT molecular complexity index is 340. The normalized spacial score (nSPS) is 11.7. The predicted molar refractivity (Wildman–Crippen MR) is 163 cm³/mol. The summed E-state index contributed by atoms with van der Waals surface area (Å²) in [5.41, 5.74) is 2.47. The summed E-state index contributed by atoms with van der Waals surface area (Å²) in [6, 6.07) is 0. The Hall–Kier alpha value is -0.0800. The van der Waals surface area contributed by atoms with Gasteiger partial charge in [0.05, 0.1) is 0 Å². The smallest absolute Gasteiger partial charge is 0.0235 e. The molecule has 0 radical (unpaired) electrons. The van der Waals surface area contributed by atoms with E-state index in [1.165, 1.54) is 193 Å². The van der Waals surface area contributed by atoms with Gasteiger partial charge in [-0.25, -0.2) is 5.48 Å². The fourth-order valence-electron chi connectivity index (χ4n) is 5.73. The van der Waals surface area contributed by atoms with Gasteiger partial charge in [0.25, 0.3) is 0 Å². The molecule has 0 heterocycles. The molecule has 0 saturated carbocycles. The summed E-state index contributed by atoms with van der Waals surface area (Å²) in [5.74, 6) is 0.671. The molecule has 0 aromatic carbocycles. The number of nitrogens with one attached hydrogen (secondary N) is 1. The highest BCUT2D eigenvalue weighted by Crippen LogP contribution is 2.20. The first-order valence-corrected chi connectivity index (χ1v) is 17.2. The van der Waals surface area contributed by atoms with Gasteiger partial charge in [-0.3, -0.25) is 0 Å². The van der Waals surface area contributed by atoms with Crippen LogP contribution in [0.15, 0.2) is 0 Å². The van der Waals surface area contributed by atoms with E-state index >= 15 is 0 Å². The largest absolute Gasteiger partial charge is 0.317 e. The van der Waals surface area contributed by atoms with Gasteiger partial charge in [0, 0.05) is 6.54 Å². The molecule has 36 heavy (non-hydrogen) atoms. The van der Waals surface area contributed by atoms with Crippen LogP contribution < -0.4 is 5.48 Å². The number of hydroxylamine groups is 1. The van der Waals surface area contributed by atoms with Gasteiger partial charge in [-0.2, -0.15) is 0 Å². The van der Waals surface area contributed by atoms with Crippen molar-refractivity contribution >= 4 is 0 Å². The van der Waals surface area contributed by atoms with Crippen molar-refractivity contribution in [3.05, 3.63) is 0 Å². The number of hydrogen-bond acceptors (Lipinski definition) is 2. The Kier molecular flexibility index (Phi) is 32.9. The Morgan fingerprint density at radius 2 is 0.583 bits per heavy atom. The van der Waals surface area contributed by atoms with E-state index in [1.807, 2.05) is 0 Å². The summed E-state index contributed by atoms with van der Waals surface area (Å²) in [7, 11) is 0. The van der Waals surface area contributed by atoms with Gasteiger partial charge in [-0.1, -0.05) is 194 Å². The summed E-state index contributed by atoms with van der Waals surface area (Å²) in [6.07, 6.45) is 42.6. The molecule has 0 aliphatic heterocycles. The Labute approximate surface area is 229 Å². The molecule has 2 N–H and O–H groups in total. The van der Waals surface area contributed by atoms with Crippen LogP contribution in [0.4, 0.5) is 0 Å². The molecule has 0 spiro atoms. The SMILES string of the molecule is CCCCCCCCCCCCCCCCC(CCCCCCCCCCCCCCCC)CNO. The fourth-order valence-corrected chi connectivity index (χ4v) is 5.73. The van der Waals surface area contributed by atoms with E-state index in [0.29, 0.717) is 5.92 Å². The number of hydrogen-bond donors (Lipinski definition) is 2. The monoisotopic (exact) mass is 510 g/mol. The van der Waals surface area contributed by atoms with Crippen LogP contribution in [0, 0.1) is 5.92 Å². The Balaban J connectivity index is 3.37. The summed E-state index contributed by atoms with van der Waals surface area (Å²) in [4.78, 5) is 0. The molecule has 0 aliphatic rings. The van der Waals surface area contributed by atoms with Crippen LogP contribution in [0.3, 0.4) is 0 Å². The molecule has 0 amide bonds. The van der Waals surface area contributed by atoms with Gasteiger partial charge >= 0.3 is 0 Å². The zero-order chi connectivity index (χ0) is 26.2. The average Bonchev–Trinajstić information content (AvgIpc) is 2.89. The van der Waals surface area contributed by atoms with Gasteiger partial charge in [0.2, 0.25) is 0 Å². The van der Waals surface area contributed by atoms with Crippen LogP contribution in [0.25, 0.3) is 0 Å². The minimum absolute atomic E-state index is 0.671. The van der Waals surface area contributed by atoms with Crippen LogP contribution in [-0.2, 0) is 0 Å². The fraction of sp³-hybridized carbons (Fsp3) is 1.00. The van der Waals surface area contributed by atoms with Crippen molar-refractivity contribution in [1.29, 1.82) is 0 Å². The van der Waals surface area contributed by atoms with Crippen molar-refractivity contribution in [2.45, 2.75) is 206 Å². The van der Waals surface area contributed by atoms with Gasteiger partial charge in [0.15, 0.2) is 0 Å². The lowest BCUT2D eigenvalue weighted by molar-refractivity contribution is 0.142. The van der Waals surface area contributed by atoms with Gasteiger partial charge in [-0.15, -0.1) is 0 Å². The van der Waals surface area contributed by atoms with Gasteiger partial charge < -0.3 is 5.21 Å². The molecule has 0 aromatic rings. The molecule has 0 atom stereocenters. The second-order valence-corrected chi connectivity index (χ2v) is 12.0. The molecule has 2 nitrogen and oxygen atoms in total. The van der Waals surface area contributed by atoms with Crippen LogP contribution in [0.1, 0.15) is 206 Å². The van der Waals surface area contributed by atoms with Crippen LogP contribution >= 0.6 is 0 Å². The second-order valence-electron chi connectivity index (χ2n) is 12.0. The molecule has 0 unspecified atom stereocenters. The first-order valence-electron chi connectivity index (χ1n) is 17.2. The van der Waals surface area contributed by atoms with E-state index in [9.17, 15) is 5.21 Å². The Morgan fingerprint density at radius 3 is 0.806 bits per heavy atom. The molecule has 0 rings (SSSR count). The first kappa shape index (κ1) is 35.9.